The van der Waals surface area contributed by atoms with Crippen molar-refractivity contribution in [1.82, 2.24) is 15.0 Å². The van der Waals surface area contributed by atoms with Gasteiger partial charge in [0.05, 0.1) is 0 Å². The molecule has 0 radical (unpaired) electrons. The molecule has 0 unspecified atom stereocenters. The maximum Gasteiger partial charge on any atom is 0.499 e. The zero-order chi connectivity index (χ0) is 28.1. The summed E-state index contributed by atoms with van der Waals surface area (Å²) in [7, 11) is 0. The first kappa shape index (κ1) is 33.6. The molecule has 0 saturated heterocycles. The van der Waals surface area contributed by atoms with Crippen LogP contribution in [0.15, 0.2) is 36.8 Å². The second-order valence-corrected chi connectivity index (χ2v) is 11.1. The number of aromatic nitrogens is 6. The van der Waals surface area contributed by atoms with Gasteiger partial charge in [-0.1, -0.05) is 62.3 Å². The van der Waals surface area contributed by atoms with Crippen LogP contribution in [0.2, 0.25) is 0 Å². The molecule has 0 amide bonds. The molecule has 0 bridgehead atoms. The molecule has 0 aliphatic rings. The summed E-state index contributed by atoms with van der Waals surface area (Å²) in [5.41, 5.74) is 1.66. The van der Waals surface area contributed by atoms with E-state index in [1.165, 1.54) is 18.6 Å². The second-order valence-electron chi connectivity index (χ2n) is 11.1. The van der Waals surface area contributed by atoms with Gasteiger partial charge in [-0.25, -0.2) is 14.2 Å². The molecule has 0 atom stereocenters. The van der Waals surface area contributed by atoms with E-state index >= 15 is 0 Å². The normalized spacial score (nSPS) is 11.3. The second kappa shape index (κ2) is 12.7. The maximum absolute atomic E-state index is 10.7. The molecule has 3 aromatic heterocycles. The van der Waals surface area contributed by atoms with Crippen molar-refractivity contribution in [3.63, 3.8) is 0 Å². The van der Waals surface area contributed by atoms with Crippen LogP contribution >= 0.6 is 0 Å². The summed E-state index contributed by atoms with van der Waals surface area (Å²) < 4.78 is 0.986. The average Bonchev–Trinajstić information content (AvgIpc) is 2.72. The van der Waals surface area contributed by atoms with Crippen molar-refractivity contribution in [1.29, 1.82) is 0 Å². The van der Waals surface area contributed by atoms with E-state index in [4.69, 9.17) is 15.3 Å². The van der Waals surface area contributed by atoms with Crippen molar-refractivity contribution in [3.05, 3.63) is 69.5 Å². The SMILES string of the molecule is CC(C)(C)c1cc[n+]([O-])c(O)n1.CC(C)(C)c1cc[n+]([O-])c(O)n1.CC(C)(C)c1cc[n+]([O-])c(O)n1.[Fe]. The Morgan fingerprint density at radius 3 is 0.838 bits per heavy atom. The summed E-state index contributed by atoms with van der Waals surface area (Å²) in [6, 6.07) is 3.32. The van der Waals surface area contributed by atoms with E-state index in [0.29, 0.717) is 31.3 Å². The molecule has 0 aliphatic heterocycles. The van der Waals surface area contributed by atoms with Crippen LogP contribution in [0.3, 0.4) is 0 Å². The van der Waals surface area contributed by atoms with Gasteiger partial charge in [-0.2, -0.15) is 0 Å². The van der Waals surface area contributed by atoms with Gasteiger partial charge in [0.25, 0.3) is 0 Å². The third kappa shape index (κ3) is 10.6. The van der Waals surface area contributed by atoms with E-state index in [0.717, 1.165) is 0 Å². The van der Waals surface area contributed by atoms with Gasteiger partial charge in [0.2, 0.25) is 0 Å². The van der Waals surface area contributed by atoms with Crippen molar-refractivity contribution in [2.24, 2.45) is 0 Å². The van der Waals surface area contributed by atoms with Crippen molar-refractivity contribution in [3.8, 4) is 18.0 Å². The van der Waals surface area contributed by atoms with E-state index in [-0.39, 0.29) is 33.3 Å². The largest absolute Gasteiger partial charge is 0.708 e. The molecular weight excluding hydrogens is 524 g/mol. The Bertz CT molecular complexity index is 1030. The fourth-order valence-corrected chi connectivity index (χ4v) is 2.45. The van der Waals surface area contributed by atoms with Gasteiger partial charge in [-0.3, -0.25) is 0 Å². The van der Waals surface area contributed by atoms with Crippen LogP contribution in [-0.2, 0) is 33.3 Å². The zero-order valence-electron chi connectivity index (χ0n) is 22.6. The standard InChI is InChI=1S/3C8H12N2O2.Fe/c3*1-8(2,3)6-4-5-10(12)7(11)9-6;/h3*4-5H,1-3H3,(H,9,11);. The van der Waals surface area contributed by atoms with Gasteiger partial charge < -0.3 is 30.9 Å². The van der Waals surface area contributed by atoms with Crippen molar-refractivity contribution < 1.29 is 46.6 Å². The van der Waals surface area contributed by atoms with Crippen LogP contribution in [0.4, 0.5) is 0 Å². The monoisotopic (exact) mass is 560 g/mol. The van der Waals surface area contributed by atoms with Gasteiger partial charge in [-0.15, -0.1) is 0 Å². The van der Waals surface area contributed by atoms with Crippen molar-refractivity contribution >= 4 is 0 Å². The minimum atomic E-state index is -0.498. The number of rotatable bonds is 0. The van der Waals surface area contributed by atoms with E-state index in [9.17, 15) is 15.6 Å². The molecule has 0 spiro atoms. The van der Waals surface area contributed by atoms with Crippen LogP contribution < -0.4 is 14.2 Å². The fourth-order valence-electron chi connectivity index (χ4n) is 2.45. The van der Waals surface area contributed by atoms with Gasteiger partial charge in [0.15, 0.2) is 17.1 Å². The minimum absolute atomic E-state index is 0. The Kier molecular flexibility index (Phi) is 11.5. The van der Waals surface area contributed by atoms with Gasteiger partial charge in [-0.05, 0) is 15.0 Å². The first-order valence-electron chi connectivity index (χ1n) is 11.1. The molecule has 13 heteroatoms. The maximum atomic E-state index is 10.7. The summed E-state index contributed by atoms with van der Waals surface area (Å²) in [5, 5.41) is 59.1. The molecule has 206 valence electrons. The van der Waals surface area contributed by atoms with E-state index in [1.54, 1.807) is 18.2 Å². The molecular formula is C24H36FeN6O6. The molecule has 0 aliphatic carbocycles. The van der Waals surface area contributed by atoms with E-state index < -0.39 is 18.0 Å². The van der Waals surface area contributed by atoms with Crippen LogP contribution in [-0.4, -0.2) is 30.3 Å². The predicted molar refractivity (Wildman–Crippen MR) is 131 cm³/mol. The summed E-state index contributed by atoms with van der Waals surface area (Å²) in [6.07, 6.45) is 3.76. The zero-order valence-corrected chi connectivity index (χ0v) is 23.7. The third-order valence-electron chi connectivity index (χ3n) is 4.66. The van der Waals surface area contributed by atoms with Crippen LogP contribution in [0.5, 0.6) is 18.0 Å². The van der Waals surface area contributed by atoms with Gasteiger partial charge in [0, 0.05) is 51.5 Å². The Morgan fingerprint density at radius 1 is 0.514 bits per heavy atom. The molecule has 3 N–H and O–H groups in total. The molecule has 3 aromatic rings. The summed E-state index contributed by atoms with van der Waals surface area (Å²) in [4.78, 5) is 11.2. The van der Waals surface area contributed by atoms with Crippen LogP contribution in [0.1, 0.15) is 79.4 Å². The van der Waals surface area contributed by atoms with Crippen LogP contribution in [0, 0.1) is 15.6 Å². The quantitative estimate of drug-likeness (QED) is 0.211. The molecule has 0 aromatic carbocycles. The number of nitrogens with zero attached hydrogens (tertiary/aromatic N) is 6. The van der Waals surface area contributed by atoms with Crippen molar-refractivity contribution in [2.75, 3.05) is 0 Å². The predicted octanol–water partition coefficient (Wildman–Crippen LogP) is 2.15. The molecule has 3 heterocycles. The van der Waals surface area contributed by atoms with Crippen LogP contribution in [0.25, 0.3) is 0 Å². The molecule has 3 rings (SSSR count). The first-order chi connectivity index (χ1) is 16.2. The van der Waals surface area contributed by atoms with Gasteiger partial charge in [0.1, 0.15) is 18.6 Å². The number of aromatic hydroxyl groups is 3. The molecule has 12 nitrogen and oxygen atoms in total. The number of hydrogen-bond acceptors (Lipinski definition) is 9. The Morgan fingerprint density at radius 2 is 0.703 bits per heavy atom. The average molecular weight is 560 g/mol. The Hall–Kier alpha value is -3.44. The Labute approximate surface area is 227 Å². The first-order valence-corrected chi connectivity index (χ1v) is 11.1. The van der Waals surface area contributed by atoms with Gasteiger partial charge >= 0.3 is 18.0 Å². The third-order valence-corrected chi connectivity index (χ3v) is 4.66. The van der Waals surface area contributed by atoms with Crippen molar-refractivity contribution in [2.45, 2.75) is 78.6 Å². The van der Waals surface area contributed by atoms with E-state index in [1.807, 2.05) is 62.3 Å². The fraction of sp³-hybridized carbons (Fsp3) is 0.500. The summed E-state index contributed by atoms with van der Waals surface area (Å²) >= 11 is 0. The summed E-state index contributed by atoms with van der Waals surface area (Å²) in [5.74, 6) is 0. The molecule has 0 fully saturated rings. The summed E-state index contributed by atoms with van der Waals surface area (Å²) in [6.45, 7) is 17.7. The Balaban J connectivity index is 0.000000518. The molecule has 0 saturated carbocycles. The number of hydrogen-bond donors (Lipinski definition) is 3. The molecule has 37 heavy (non-hydrogen) atoms. The minimum Gasteiger partial charge on any atom is -0.708 e. The van der Waals surface area contributed by atoms with E-state index in [2.05, 4.69) is 15.0 Å². The topological polar surface area (TPSA) is 180 Å². The smallest absolute Gasteiger partial charge is 0.499 e.